The lowest BCUT2D eigenvalue weighted by molar-refractivity contribution is -0.139. The van der Waals surface area contributed by atoms with Crippen molar-refractivity contribution in [3.8, 4) is 0 Å². The molecule has 0 aromatic heterocycles. The molecule has 0 radical (unpaired) electrons. The monoisotopic (exact) mass is 242 g/mol. The van der Waals surface area contributed by atoms with E-state index in [1.807, 2.05) is 6.92 Å². The summed E-state index contributed by atoms with van der Waals surface area (Å²) in [7, 11) is 0. The van der Waals surface area contributed by atoms with Crippen LogP contribution >= 0.6 is 0 Å². The molecule has 1 aliphatic rings. The second kappa shape index (κ2) is 6.97. The largest absolute Gasteiger partial charge is 0.480 e. The van der Waals surface area contributed by atoms with Gasteiger partial charge in [0.2, 0.25) is 0 Å². The maximum absolute atomic E-state index is 11.0. The number of likely N-dealkylation sites (tertiary alicyclic amines) is 1. The van der Waals surface area contributed by atoms with Gasteiger partial charge in [-0.3, -0.25) is 4.79 Å². The van der Waals surface area contributed by atoms with Gasteiger partial charge in [-0.05, 0) is 37.8 Å². The van der Waals surface area contributed by atoms with Crippen LogP contribution < -0.4 is 5.32 Å². The zero-order valence-corrected chi connectivity index (χ0v) is 11.3. The molecular weight excluding hydrogens is 216 g/mol. The van der Waals surface area contributed by atoms with Crippen LogP contribution in [0, 0.1) is 11.8 Å². The van der Waals surface area contributed by atoms with E-state index in [9.17, 15) is 4.79 Å². The van der Waals surface area contributed by atoms with Crippen LogP contribution in [0.4, 0.5) is 0 Å². The molecule has 100 valence electrons. The highest BCUT2D eigenvalue weighted by atomic mass is 16.4. The van der Waals surface area contributed by atoms with E-state index in [-0.39, 0.29) is 0 Å². The molecule has 0 aliphatic carbocycles. The van der Waals surface area contributed by atoms with E-state index >= 15 is 0 Å². The Balaban J connectivity index is 2.31. The first kappa shape index (κ1) is 14.5. The Bertz CT molecular complexity index is 246. The smallest absolute Gasteiger partial charge is 0.320 e. The van der Waals surface area contributed by atoms with Crippen molar-refractivity contribution in [3.63, 3.8) is 0 Å². The fourth-order valence-electron chi connectivity index (χ4n) is 2.42. The highest BCUT2D eigenvalue weighted by Gasteiger charge is 2.24. The number of carboxylic acid groups (broad SMARTS) is 1. The number of carboxylic acids is 1. The normalized spacial score (nSPS) is 27.9. The van der Waals surface area contributed by atoms with E-state index in [1.54, 1.807) is 0 Å². The van der Waals surface area contributed by atoms with E-state index < -0.39 is 12.0 Å². The second-order valence-corrected chi connectivity index (χ2v) is 5.28. The lowest BCUT2D eigenvalue weighted by Crippen LogP contribution is -2.43. The molecule has 1 fully saturated rings. The quantitative estimate of drug-likeness (QED) is 0.739. The minimum atomic E-state index is -0.731. The zero-order chi connectivity index (χ0) is 12.8. The summed E-state index contributed by atoms with van der Waals surface area (Å²) in [6, 6.07) is -0.394. The molecule has 0 saturated carbocycles. The van der Waals surface area contributed by atoms with E-state index in [0.717, 1.165) is 31.5 Å². The molecule has 1 saturated heterocycles. The highest BCUT2D eigenvalue weighted by Crippen LogP contribution is 2.22. The molecule has 4 heteroatoms. The summed E-state index contributed by atoms with van der Waals surface area (Å²) < 4.78 is 0. The maximum Gasteiger partial charge on any atom is 0.320 e. The van der Waals surface area contributed by atoms with Gasteiger partial charge in [-0.25, -0.2) is 0 Å². The number of carbonyl (C=O) groups is 1. The van der Waals surface area contributed by atoms with Crippen LogP contribution in [0.25, 0.3) is 0 Å². The Hall–Kier alpha value is -0.610. The predicted molar refractivity (Wildman–Crippen MR) is 69.1 cm³/mol. The molecule has 0 aromatic rings. The first-order chi connectivity index (χ1) is 8.04. The Morgan fingerprint density at radius 2 is 2.18 bits per heavy atom. The molecule has 1 heterocycles. The number of hydrogen-bond donors (Lipinski definition) is 2. The third-order valence-electron chi connectivity index (χ3n) is 3.90. The number of likely N-dealkylation sites (N-methyl/N-ethyl adjacent to an activating group) is 1. The molecule has 2 N–H and O–H groups in total. The molecule has 3 unspecified atom stereocenters. The van der Waals surface area contributed by atoms with Gasteiger partial charge in [-0.2, -0.15) is 0 Å². The molecule has 1 aliphatic heterocycles. The van der Waals surface area contributed by atoms with Crippen LogP contribution in [0.15, 0.2) is 0 Å². The number of nitrogens with zero attached hydrogens (tertiary/aromatic N) is 1. The Morgan fingerprint density at radius 1 is 1.47 bits per heavy atom. The SMILES string of the molecule is CCNC(CCN1CCC(C)C(C)C1)C(=O)O. The lowest BCUT2D eigenvalue weighted by Gasteiger charge is -2.35. The van der Waals surface area contributed by atoms with E-state index in [1.165, 1.54) is 6.42 Å². The zero-order valence-electron chi connectivity index (χ0n) is 11.3. The van der Waals surface area contributed by atoms with Gasteiger partial charge in [0.05, 0.1) is 0 Å². The van der Waals surface area contributed by atoms with E-state index in [2.05, 4.69) is 24.1 Å². The molecule has 1 rings (SSSR count). The average Bonchev–Trinajstić information content (AvgIpc) is 2.28. The van der Waals surface area contributed by atoms with Gasteiger partial charge in [0.15, 0.2) is 0 Å². The van der Waals surface area contributed by atoms with Crippen molar-refractivity contribution in [2.45, 2.75) is 39.7 Å². The summed E-state index contributed by atoms with van der Waals surface area (Å²) in [4.78, 5) is 13.4. The summed E-state index contributed by atoms with van der Waals surface area (Å²) in [6.07, 6.45) is 1.93. The topological polar surface area (TPSA) is 52.6 Å². The van der Waals surface area contributed by atoms with Gasteiger partial charge >= 0.3 is 5.97 Å². The number of piperidine rings is 1. The van der Waals surface area contributed by atoms with Crippen molar-refractivity contribution in [2.24, 2.45) is 11.8 Å². The third kappa shape index (κ3) is 4.64. The average molecular weight is 242 g/mol. The van der Waals surface area contributed by atoms with Gasteiger partial charge in [-0.1, -0.05) is 20.8 Å². The summed E-state index contributed by atoms with van der Waals surface area (Å²) in [6.45, 7) is 10.4. The van der Waals surface area contributed by atoms with Gasteiger partial charge in [0.25, 0.3) is 0 Å². The Kier molecular flexibility index (Phi) is 5.92. The lowest BCUT2D eigenvalue weighted by atomic mass is 9.88. The van der Waals surface area contributed by atoms with E-state index in [4.69, 9.17) is 5.11 Å². The molecule has 3 atom stereocenters. The number of nitrogens with one attached hydrogen (secondary N) is 1. The number of hydrogen-bond acceptors (Lipinski definition) is 3. The Morgan fingerprint density at radius 3 is 2.71 bits per heavy atom. The van der Waals surface area contributed by atoms with Crippen LogP contribution in [-0.4, -0.2) is 48.2 Å². The standard InChI is InChI=1S/C13H26N2O2/c1-4-14-12(13(16)17)6-8-15-7-5-10(2)11(3)9-15/h10-12,14H,4-9H2,1-3H3,(H,16,17). The first-order valence-corrected chi connectivity index (χ1v) is 6.73. The third-order valence-corrected chi connectivity index (χ3v) is 3.90. The minimum absolute atomic E-state index is 0.394. The molecular formula is C13H26N2O2. The van der Waals surface area contributed by atoms with Crippen molar-refractivity contribution in [2.75, 3.05) is 26.2 Å². The molecule has 17 heavy (non-hydrogen) atoms. The van der Waals surface area contributed by atoms with Gasteiger partial charge in [-0.15, -0.1) is 0 Å². The molecule has 0 aromatic carbocycles. The second-order valence-electron chi connectivity index (χ2n) is 5.28. The van der Waals surface area contributed by atoms with Crippen LogP contribution in [0.1, 0.15) is 33.6 Å². The van der Waals surface area contributed by atoms with Crippen LogP contribution in [0.3, 0.4) is 0 Å². The van der Waals surface area contributed by atoms with E-state index in [0.29, 0.717) is 13.0 Å². The van der Waals surface area contributed by atoms with Crippen molar-refractivity contribution < 1.29 is 9.90 Å². The number of rotatable bonds is 6. The fraction of sp³-hybridized carbons (Fsp3) is 0.923. The highest BCUT2D eigenvalue weighted by molar-refractivity contribution is 5.73. The summed E-state index contributed by atoms with van der Waals surface area (Å²) in [5.74, 6) is 0.798. The summed E-state index contributed by atoms with van der Waals surface area (Å²) >= 11 is 0. The van der Waals surface area contributed by atoms with Crippen LogP contribution in [0.2, 0.25) is 0 Å². The molecule has 0 spiro atoms. The molecule has 0 bridgehead atoms. The molecule has 0 amide bonds. The van der Waals surface area contributed by atoms with Crippen molar-refractivity contribution in [1.29, 1.82) is 0 Å². The Labute approximate surface area is 104 Å². The van der Waals surface area contributed by atoms with Crippen LogP contribution in [0.5, 0.6) is 0 Å². The van der Waals surface area contributed by atoms with Crippen molar-refractivity contribution in [1.82, 2.24) is 10.2 Å². The van der Waals surface area contributed by atoms with Gasteiger partial charge < -0.3 is 15.3 Å². The maximum atomic E-state index is 11.0. The number of aliphatic carboxylic acids is 1. The van der Waals surface area contributed by atoms with Crippen molar-refractivity contribution in [3.05, 3.63) is 0 Å². The van der Waals surface area contributed by atoms with Gasteiger partial charge in [0.1, 0.15) is 6.04 Å². The molecule has 4 nitrogen and oxygen atoms in total. The van der Waals surface area contributed by atoms with Gasteiger partial charge in [0, 0.05) is 13.1 Å². The summed E-state index contributed by atoms with van der Waals surface area (Å²) in [5, 5.41) is 12.1. The van der Waals surface area contributed by atoms with Crippen molar-refractivity contribution >= 4 is 5.97 Å². The minimum Gasteiger partial charge on any atom is -0.480 e. The first-order valence-electron chi connectivity index (χ1n) is 6.73. The van der Waals surface area contributed by atoms with Crippen LogP contribution in [-0.2, 0) is 4.79 Å². The predicted octanol–water partition coefficient (Wildman–Crippen LogP) is 1.42. The fourth-order valence-corrected chi connectivity index (χ4v) is 2.42. The summed E-state index contributed by atoms with van der Waals surface area (Å²) in [5.41, 5.74) is 0.